The van der Waals surface area contributed by atoms with Crippen molar-refractivity contribution in [3.8, 4) is 0 Å². The number of hydrogen-bond donors (Lipinski definition) is 1. The van der Waals surface area contributed by atoms with Crippen LogP contribution >= 0.6 is 0 Å². The summed E-state index contributed by atoms with van der Waals surface area (Å²) in [5, 5.41) is 10.2. The minimum absolute atomic E-state index is 0.639. The van der Waals surface area contributed by atoms with Crippen molar-refractivity contribution in [3.05, 3.63) is 0 Å². The van der Waals surface area contributed by atoms with Gasteiger partial charge < -0.3 is 5.32 Å². The molecule has 1 unspecified atom stereocenters. The Bertz CT molecular complexity index is 301. The fourth-order valence-electron chi connectivity index (χ4n) is 3.16. The number of nitrogens with zero attached hydrogens (tertiary/aromatic N) is 2. The molecule has 0 aromatic heterocycles. The normalized spacial score (nSPS) is 18.1. The summed E-state index contributed by atoms with van der Waals surface area (Å²) in [6, 6.07) is 0.639. The number of amidine groups is 1. The predicted octanol–water partition coefficient (Wildman–Crippen LogP) is 5.70. The maximum Gasteiger partial charge on any atom is 0.122 e. The van der Waals surface area contributed by atoms with Gasteiger partial charge in [-0.05, 0) is 19.8 Å². The summed E-state index contributed by atoms with van der Waals surface area (Å²) in [7, 11) is 2.00. The van der Waals surface area contributed by atoms with E-state index in [1.54, 1.807) is 0 Å². The summed E-state index contributed by atoms with van der Waals surface area (Å²) >= 11 is 0. The highest BCUT2D eigenvalue weighted by Gasteiger charge is 2.21. The van der Waals surface area contributed by atoms with Crippen molar-refractivity contribution in [2.24, 2.45) is 5.10 Å². The maximum absolute atomic E-state index is 4.71. The summed E-state index contributed by atoms with van der Waals surface area (Å²) in [6.45, 7) is 5.67. The van der Waals surface area contributed by atoms with Crippen LogP contribution in [0.2, 0.25) is 0 Å². The second-order valence-corrected chi connectivity index (χ2v) is 7.24. The van der Waals surface area contributed by atoms with Crippen LogP contribution in [0, 0.1) is 0 Å². The van der Waals surface area contributed by atoms with E-state index in [4.69, 9.17) is 5.10 Å². The van der Waals surface area contributed by atoms with E-state index < -0.39 is 0 Å². The number of unbranched alkanes of at least 4 members (excludes halogenated alkanes) is 11. The van der Waals surface area contributed by atoms with Gasteiger partial charge in [-0.25, -0.2) is 0 Å². The quantitative estimate of drug-likeness (QED) is 0.252. The van der Waals surface area contributed by atoms with Gasteiger partial charge in [-0.15, -0.1) is 0 Å². The van der Waals surface area contributed by atoms with Crippen LogP contribution < -0.4 is 5.32 Å². The Balaban J connectivity index is 1.87. The molecular formula is C20H41N3. The van der Waals surface area contributed by atoms with Crippen LogP contribution in [0.5, 0.6) is 0 Å². The highest BCUT2D eigenvalue weighted by atomic mass is 15.5. The molecule has 23 heavy (non-hydrogen) atoms. The summed E-state index contributed by atoms with van der Waals surface area (Å²) < 4.78 is 0. The SMILES string of the molecule is CCCCCCCCCCCCCC/C(=N/N1CCC1C)NC. The van der Waals surface area contributed by atoms with E-state index in [9.17, 15) is 0 Å². The smallest absolute Gasteiger partial charge is 0.122 e. The Kier molecular flexibility index (Phi) is 12.1. The summed E-state index contributed by atoms with van der Waals surface area (Å²) in [5.41, 5.74) is 0. The van der Waals surface area contributed by atoms with Crippen LogP contribution in [0.15, 0.2) is 5.10 Å². The third-order valence-electron chi connectivity index (χ3n) is 5.09. The van der Waals surface area contributed by atoms with Gasteiger partial charge in [0, 0.05) is 26.1 Å². The fourth-order valence-corrected chi connectivity index (χ4v) is 3.16. The van der Waals surface area contributed by atoms with Crippen molar-refractivity contribution in [1.29, 1.82) is 0 Å². The van der Waals surface area contributed by atoms with Gasteiger partial charge in [-0.1, -0.05) is 77.6 Å². The Morgan fingerprint density at radius 3 is 1.83 bits per heavy atom. The van der Waals surface area contributed by atoms with Gasteiger partial charge in [0.2, 0.25) is 0 Å². The lowest BCUT2D eigenvalue weighted by atomic mass is 10.0. The number of hydrogen-bond acceptors (Lipinski definition) is 2. The molecule has 0 aliphatic carbocycles. The van der Waals surface area contributed by atoms with Crippen LogP contribution in [0.25, 0.3) is 0 Å². The van der Waals surface area contributed by atoms with Gasteiger partial charge in [-0.2, -0.15) is 5.10 Å². The molecule has 3 nitrogen and oxygen atoms in total. The highest BCUT2D eigenvalue weighted by molar-refractivity contribution is 5.81. The van der Waals surface area contributed by atoms with E-state index in [0.29, 0.717) is 6.04 Å². The molecule has 0 aromatic rings. The molecule has 0 aromatic carbocycles. The first-order valence-electron chi connectivity index (χ1n) is 10.3. The van der Waals surface area contributed by atoms with Gasteiger partial charge >= 0.3 is 0 Å². The van der Waals surface area contributed by atoms with Gasteiger partial charge in [0.25, 0.3) is 0 Å². The predicted molar refractivity (Wildman–Crippen MR) is 103 cm³/mol. The van der Waals surface area contributed by atoms with Crippen LogP contribution in [-0.2, 0) is 0 Å². The van der Waals surface area contributed by atoms with E-state index in [0.717, 1.165) is 13.0 Å². The zero-order valence-corrected chi connectivity index (χ0v) is 16.1. The lowest BCUT2D eigenvalue weighted by Gasteiger charge is -2.36. The zero-order valence-electron chi connectivity index (χ0n) is 16.1. The third-order valence-corrected chi connectivity index (χ3v) is 5.09. The average Bonchev–Trinajstić information content (AvgIpc) is 2.57. The number of nitrogens with one attached hydrogen (secondary N) is 1. The fraction of sp³-hybridized carbons (Fsp3) is 0.950. The Hall–Kier alpha value is -0.730. The van der Waals surface area contributed by atoms with Gasteiger partial charge in [0.1, 0.15) is 5.84 Å². The molecule has 1 heterocycles. The Morgan fingerprint density at radius 1 is 0.913 bits per heavy atom. The van der Waals surface area contributed by atoms with E-state index >= 15 is 0 Å². The number of hydrazone groups is 1. The Labute approximate surface area is 145 Å². The summed E-state index contributed by atoms with van der Waals surface area (Å²) in [5.74, 6) is 1.17. The monoisotopic (exact) mass is 323 g/mol. The highest BCUT2D eigenvalue weighted by Crippen LogP contribution is 2.17. The van der Waals surface area contributed by atoms with Crippen molar-refractivity contribution in [2.75, 3.05) is 13.6 Å². The van der Waals surface area contributed by atoms with Crippen molar-refractivity contribution in [1.82, 2.24) is 10.3 Å². The molecule has 1 aliphatic rings. The third kappa shape index (κ3) is 9.88. The van der Waals surface area contributed by atoms with Crippen LogP contribution in [0.1, 0.15) is 104 Å². The van der Waals surface area contributed by atoms with E-state index in [1.807, 2.05) is 7.05 Å². The second kappa shape index (κ2) is 13.7. The van der Waals surface area contributed by atoms with Crippen molar-refractivity contribution >= 4 is 5.84 Å². The summed E-state index contributed by atoms with van der Waals surface area (Å²) in [4.78, 5) is 0. The molecule has 1 rings (SSSR count). The molecule has 1 fully saturated rings. The molecule has 1 N–H and O–H groups in total. The Morgan fingerprint density at radius 2 is 1.43 bits per heavy atom. The van der Waals surface area contributed by atoms with Gasteiger partial charge in [0.05, 0.1) is 0 Å². The first kappa shape index (κ1) is 20.3. The molecule has 0 bridgehead atoms. The second-order valence-electron chi connectivity index (χ2n) is 7.24. The molecule has 136 valence electrons. The first-order chi connectivity index (χ1) is 11.3. The molecule has 0 radical (unpaired) electrons. The lowest BCUT2D eigenvalue weighted by molar-refractivity contribution is 0.109. The van der Waals surface area contributed by atoms with Gasteiger partial charge in [-0.3, -0.25) is 5.01 Å². The molecule has 0 saturated carbocycles. The van der Waals surface area contributed by atoms with Crippen LogP contribution in [-0.4, -0.2) is 30.5 Å². The lowest BCUT2D eigenvalue weighted by Crippen LogP contribution is -2.43. The molecule has 0 amide bonds. The van der Waals surface area contributed by atoms with Gasteiger partial charge in [0.15, 0.2) is 0 Å². The van der Waals surface area contributed by atoms with Crippen LogP contribution in [0.3, 0.4) is 0 Å². The molecule has 3 heteroatoms. The first-order valence-corrected chi connectivity index (χ1v) is 10.3. The molecule has 0 spiro atoms. The molecule has 1 atom stereocenters. The van der Waals surface area contributed by atoms with Crippen molar-refractivity contribution in [3.63, 3.8) is 0 Å². The number of rotatable bonds is 14. The van der Waals surface area contributed by atoms with Crippen molar-refractivity contribution < 1.29 is 0 Å². The zero-order chi connectivity index (χ0) is 16.8. The minimum atomic E-state index is 0.639. The average molecular weight is 324 g/mol. The molecule has 1 aliphatic heterocycles. The topological polar surface area (TPSA) is 27.6 Å². The van der Waals surface area contributed by atoms with E-state index in [1.165, 1.54) is 89.3 Å². The van der Waals surface area contributed by atoms with Crippen LogP contribution in [0.4, 0.5) is 0 Å². The van der Waals surface area contributed by atoms with Crippen molar-refractivity contribution in [2.45, 2.75) is 110 Å². The molecular weight excluding hydrogens is 282 g/mol. The summed E-state index contributed by atoms with van der Waals surface area (Å²) in [6.07, 6.45) is 19.3. The van der Waals surface area contributed by atoms with E-state index in [2.05, 4.69) is 24.2 Å². The standard InChI is InChI=1S/C20H41N3/c1-4-5-6-7-8-9-10-11-12-13-14-15-16-20(21-3)22-23-18-17-19(23)2/h19H,4-18H2,1-3H3,(H,21,22). The molecule has 1 saturated heterocycles. The maximum atomic E-state index is 4.71. The minimum Gasteiger partial charge on any atom is -0.375 e. The van der Waals surface area contributed by atoms with E-state index in [-0.39, 0.29) is 0 Å². The largest absolute Gasteiger partial charge is 0.375 e.